The van der Waals surface area contributed by atoms with Crippen molar-refractivity contribution >= 4 is 11.9 Å². The van der Waals surface area contributed by atoms with Crippen LogP contribution in [0.4, 0.5) is 57.1 Å². The molecule has 0 unspecified atom stereocenters. The van der Waals surface area contributed by atoms with Crippen LogP contribution < -0.4 is 0 Å². The molecule has 29 heavy (non-hydrogen) atoms. The number of halogens is 13. The lowest BCUT2D eigenvalue weighted by molar-refractivity contribution is -0.435. The van der Waals surface area contributed by atoms with Gasteiger partial charge in [-0.2, -0.15) is 57.1 Å². The van der Waals surface area contributed by atoms with Crippen LogP contribution in [0.15, 0.2) is 36.4 Å². The Morgan fingerprint density at radius 3 is 1.45 bits per heavy atom. The summed E-state index contributed by atoms with van der Waals surface area (Å²) < 4.78 is 168. The third-order valence-electron chi connectivity index (χ3n) is 3.47. The molecule has 14 heteroatoms. The second-order valence-corrected chi connectivity index (χ2v) is 5.48. The molecule has 164 valence electrons. The summed E-state index contributed by atoms with van der Waals surface area (Å²) in [5.41, 5.74) is -0.124. The van der Waals surface area contributed by atoms with Gasteiger partial charge in [0.25, 0.3) is 0 Å². The van der Waals surface area contributed by atoms with Crippen LogP contribution >= 0.6 is 0 Å². The van der Waals surface area contributed by atoms with Crippen molar-refractivity contribution in [2.45, 2.75) is 35.8 Å². The van der Waals surface area contributed by atoms with E-state index in [2.05, 4.69) is 0 Å². The Morgan fingerprint density at radius 1 is 0.621 bits per heavy atom. The molecule has 1 nitrogen and oxygen atoms in total. The SMILES string of the molecule is O=C(/C=C/c1ccccc1)C(F)(F)C(F)(F)C(F)(F)C(F)(F)C(F)(F)C(F)(F)F. The van der Waals surface area contributed by atoms with Crippen molar-refractivity contribution in [2.24, 2.45) is 0 Å². The number of allylic oxidation sites excluding steroid dienone is 1. The van der Waals surface area contributed by atoms with Gasteiger partial charge in [-0.15, -0.1) is 0 Å². The smallest absolute Gasteiger partial charge is 0.288 e. The maximum Gasteiger partial charge on any atom is 0.460 e. The summed E-state index contributed by atoms with van der Waals surface area (Å²) in [6.45, 7) is 0. The largest absolute Gasteiger partial charge is 0.460 e. The molecular formula is C15H7F13O. The Labute approximate surface area is 152 Å². The van der Waals surface area contributed by atoms with E-state index in [1.807, 2.05) is 0 Å². The van der Waals surface area contributed by atoms with Crippen molar-refractivity contribution in [2.75, 3.05) is 0 Å². The molecule has 0 N–H and O–H groups in total. The lowest BCUT2D eigenvalue weighted by Gasteiger charge is -2.39. The van der Waals surface area contributed by atoms with E-state index >= 15 is 0 Å². The molecule has 0 bridgehead atoms. The highest BCUT2D eigenvalue weighted by Gasteiger charge is 2.91. The third kappa shape index (κ3) is 3.80. The van der Waals surface area contributed by atoms with E-state index in [0.29, 0.717) is 6.08 Å². The first-order valence-electron chi connectivity index (χ1n) is 6.98. The number of carbonyl (C=O) groups is 1. The van der Waals surface area contributed by atoms with E-state index in [-0.39, 0.29) is 5.56 Å². The molecule has 0 saturated carbocycles. The van der Waals surface area contributed by atoms with Gasteiger partial charge in [-0.1, -0.05) is 36.4 Å². The minimum absolute atomic E-state index is 0.124. The van der Waals surface area contributed by atoms with E-state index < -0.39 is 47.6 Å². The summed E-state index contributed by atoms with van der Waals surface area (Å²) in [5.74, 6) is -41.5. The molecule has 0 amide bonds. The summed E-state index contributed by atoms with van der Waals surface area (Å²) in [7, 11) is 0. The maximum absolute atomic E-state index is 13.5. The Kier molecular flexibility index (Phi) is 6.15. The number of hydrogen-bond donors (Lipinski definition) is 0. The first kappa shape index (κ1) is 24.8. The number of benzene rings is 1. The highest BCUT2D eigenvalue weighted by atomic mass is 19.4. The Balaban J connectivity index is 3.38. The predicted molar refractivity (Wildman–Crippen MR) is 71.3 cm³/mol. The molecule has 0 saturated heterocycles. The molecule has 0 spiro atoms. The first-order chi connectivity index (χ1) is 12.7. The van der Waals surface area contributed by atoms with Gasteiger partial charge in [0, 0.05) is 0 Å². The van der Waals surface area contributed by atoms with Gasteiger partial charge in [0.2, 0.25) is 5.78 Å². The molecule has 0 aliphatic rings. The van der Waals surface area contributed by atoms with E-state index in [9.17, 15) is 61.9 Å². The molecule has 0 aromatic heterocycles. The molecule has 1 aromatic rings. The molecule has 0 radical (unpaired) electrons. The van der Waals surface area contributed by atoms with Crippen molar-refractivity contribution in [1.29, 1.82) is 0 Å². The molecule has 0 aliphatic heterocycles. The summed E-state index contributed by atoms with van der Waals surface area (Å²) >= 11 is 0. The van der Waals surface area contributed by atoms with Gasteiger partial charge in [0.15, 0.2) is 0 Å². The second kappa shape index (κ2) is 7.20. The van der Waals surface area contributed by atoms with E-state index in [4.69, 9.17) is 0 Å². The van der Waals surface area contributed by atoms with Gasteiger partial charge in [-0.3, -0.25) is 4.79 Å². The zero-order valence-corrected chi connectivity index (χ0v) is 13.4. The van der Waals surface area contributed by atoms with E-state index in [1.54, 1.807) is 0 Å². The lowest BCUT2D eigenvalue weighted by atomic mass is 9.92. The number of alkyl halides is 13. The van der Waals surface area contributed by atoms with Gasteiger partial charge in [-0.25, -0.2) is 0 Å². The molecule has 1 aromatic carbocycles. The molecule has 0 atom stereocenters. The van der Waals surface area contributed by atoms with Crippen LogP contribution in [0.1, 0.15) is 5.56 Å². The van der Waals surface area contributed by atoms with Crippen molar-refractivity contribution < 1.29 is 61.9 Å². The number of rotatable bonds is 7. The van der Waals surface area contributed by atoms with E-state index in [1.165, 1.54) is 18.2 Å². The van der Waals surface area contributed by atoms with Crippen molar-refractivity contribution in [3.05, 3.63) is 42.0 Å². The maximum atomic E-state index is 13.5. The zero-order chi connectivity index (χ0) is 23.1. The minimum Gasteiger partial charge on any atom is -0.288 e. The normalized spacial score (nSPS) is 15.1. The standard InChI is InChI=1S/C15H7F13O/c16-10(17,9(29)7-6-8-4-2-1-3-5-8)11(18,19)12(20,21)13(22,23)14(24,25)15(26,27)28/h1-7H/b7-6+. The van der Waals surface area contributed by atoms with Crippen LogP contribution in [0.2, 0.25) is 0 Å². The Morgan fingerprint density at radius 2 is 1.03 bits per heavy atom. The number of hydrogen-bond acceptors (Lipinski definition) is 1. The van der Waals surface area contributed by atoms with Crippen LogP contribution in [-0.4, -0.2) is 41.6 Å². The number of carbonyl (C=O) groups excluding carboxylic acids is 1. The van der Waals surface area contributed by atoms with Crippen LogP contribution in [0.25, 0.3) is 6.08 Å². The monoisotopic (exact) mass is 450 g/mol. The van der Waals surface area contributed by atoms with Gasteiger partial charge >= 0.3 is 35.8 Å². The lowest BCUT2D eigenvalue weighted by Crippen LogP contribution is -2.71. The molecule has 0 heterocycles. The topological polar surface area (TPSA) is 17.1 Å². The Hall–Kier alpha value is -2.28. The van der Waals surface area contributed by atoms with Crippen molar-refractivity contribution in [1.82, 2.24) is 0 Å². The Bertz CT molecular complexity index is 762. The van der Waals surface area contributed by atoms with Crippen LogP contribution in [-0.2, 0) is 4.79 Å². The van der Waals surface area contributed by atoms with Crippen LogP contribution in [0.3, 0.4) is 0 Å². The summed E-state index contributed by atoms with van der Waals surface area (Å²) in [6.07, 6.45) is -7.57. The highest BCUT2D eigenvalue weighted by Crippen LogP contribution is 2.60. The highest BCUT2D eigenvalue weighted by molar-refractivity contribution is 5.99. The van der Waals surface area contributed by atoms with Gasteiger partial charge in [0.1, 0.15) is 0 Å². The minimum atomic E-state index is -8.03. The molecule has 0 fully saturated rings. The summed E-state index contributed by atoms with van der Waals surface area (Å²) in [4.78, 5) is 11.2. The first-order valence-corrected chi connectivity index (χ1v) is 6.98. The average Bonchev–Trinajstić information content (AvgIpc) is 2.58. The van der Waals surface area contributed by atoms with Gasteiger partial charge in [0.05, 0.1) is 0 Å². The summed E-state index contributed by atoms with van der Waals surface area (Å²) in [5, 5.41) is 0. The zero-order valence-electron chi connectivity index (χ0n) is 13.4. The molecule has 1 rings (SSSR count). The quantitative estimate of drug-likeness (QED) is 0.368. The van der Waals surface area contributed by atoms with Crippen molar-refractivity contribution in [3.63, 3.8) is 0 Å². The fraction of sp³-hybridized carbons (Fsp3) is 0.400. The van der Waals surface area contributed by atoms with Gasteiger partial charge < -0.3 is 0 Å². The average molecular weight is 450 g/mol. The number of ketones is 1. The fourth-order valence-electron chi connectivity index (χ4n) is 1.76. The fourth-order valence-corrected chi connectivity index (χ4v) is 1.76. The van der Waals surface area contributed by atoms with Crippen LogP contribution in [0, 0.1) is 0 Å². The predicted octanol–water partition coefficient (Wildman–Crippen LogP) is 6.01. The van der Waals surface area contributed by atoms with Gasteiger partial charge in [-0.05, 0) is 11.6 Å². The van der Waals surface area contributed by atoms with E-state index in [0.717, 1.165) is 12.1 Å². The van der Waals surface area contributed by atoms with Crippen molar-refractivity contribution in [3.8, 4) is 0 Å². The second-order valence-electron chi connectivity index (χ2n) is 5.48. The molecular weight excluding hydrogens is 443 g/mol. The summed E-state index contributed by atoms with van der Waals surface area (Å²) in [6, 6.07) is 6.10. The molecule has 0 aliphatic carbocycles. The third-order valence-corrected chi connectivity index (χ3v) is 3.47. The van der Waals surface area contributed by atoms with Crippen LogP contribution in [0.5, 0.6) is 0 Å².